The summed E-state index contributed by atoms with van der Waals surface area (Å²) in [5.41, 5.74) is -0.172. The molecule has 0 radical (unpaired) electrons. The van der Waals surface area contributed by atoms with E-state index < -0.39 is 0 Å². The van der Waals surface area contributed by atoms with Crippen molar-refractivity contribution in [2.45, 2.75) is 18.2 Å². The molecule has 0 atom stereocenters. The molecular formula is C9H12ClN3O. The fourth-order valence-corrected chi connectivity index (χ4v) is 2.04. The first kappa shape index (κ1) is 9.52. The topological polar surface area (TPSA) is 57.8 Å². The molecule has 0 spiro atoms. The van der Waals surface area contributed by atoms with Crippen molar-refractivity contribution in [3.8, 4) is 0 Å². The third-order valence-corrected chi connectivity index (χ3v) is 2.80. The molecule has 76 valence electrons. The number of hydrogen-bond donors (Lipinski definition) is 2. The highest BCUT2D eigenvalue weighted by Gasteiger charge is 2.26. The molecular weight excluding hydrogens is 202 g/mol. The molecule has 2 rings (SSSR count). The summed E-state index contributed by atoms with van der Waals surface area (Å²) in [6.45, 7) is 0.781. The Morgan fingerprint density at radius 3 is 3.07 bits per heavy atom. The second-order valence-corrected chi connectivity index (χ2v) is 4.20. The number of nitrogens with zero attached hydrogens (tertiary/aromatic N) is 1. The molecule has 0 bridgehead atoms. The first-order valence-corrected chi connectivity index (χ1v) is 5.11. The predicted molar refractivity (Wildman–Crippen MR) is 55.7 cm³/mol. The van der Waals surface area contributed by atoms with Crippen LogP contribution in [0.4, 0.5) is 5.82 Å². The van der Waals surface area contributed by atoms with Crippen LogP contribution in [0.1, 0.15) is 12.8 Å². The zero-order chi connectivity index (χ0) is 9.97. The van der Waals surface area contributed by atoms with E-state index in [0.717, 1.165) is 19.4 Å². The number of nitrogens with one attached hydrogen (secondary N) is 2. The van der Waals surface area contributed by atoms with Crippen LogP contribution in [0.25, 0.3) is 0 Å². The Morgan fingerprint density at radius 1 is 1.64 bits per heavy atom. The van der Waals surface area contributed by atoms with E-state index in [-0.39, 0.29) is 5.56 Å². The van der Waals surface area contributed by atoms with Gasteiger partial charge in [0.2, 0.25) is 0 Å². The van der Waals surface area contributed by atoms with Crippen molar-refractivity contribution in [3.05, 3.63) is 22.7 Å². The second kappa shape index (κ2) is 4.00. The largest absolute Gasteiger partial charge is 0.365 e. The summed E-state index contributed by atoms with van der Waals surface area (Å²) in [7, 11) is 0. The standard InChI is InChI=1S/C9H12ClN3O/c10-7-3-6(4-7)5-13-8-9(14)12-2-1-11-8/h1-2,6-7H,3-5H2,(H,11,13)(H,12,14). The molecule has 14 heavy (non-hydrogen) atoms. The third kappa shape index (κ3) is 2.07. The summed E-state index contributed by atoms with van der Waals surface area (Å²) in [4.78, 5) is 17.7. The fourth-order valence-electron chi connectivity index (χ4n) is 1.54. The molecule has 1 saturated carbocycles. The Hall–Kier alpha value is -1.03. The minimum atomic E-state index is -0.172. The molecule has 1 aromatic heterocycles. The molecule has 0 unspecified atom stereocenters. The van der Waals surface area contributed by atoms with Gasteiger partial charge in [-0.1, -0.05) is 0 Å². The van der Waals surface area contributed by atoms with Gasteiger partial charge in [0.25, 0.3) is 5.56 Å². The van der Waals surface area contributed by atoms with Crippen LogP contribution in [-0.2, 0) is 0 Å². The Labute approximate surface area is 86.7 Å². The lowest BCUT2D eigenvalue weighted by Gasteiger charge is -2.30. The number of alkyl halides is 1. The lowest BCUT2D eigenvalue weighted by molar-refractivity contribution is 0.341. The Bertz CT molecular complexity index is 359. The SMILES string of the molecule is O=c1[nH]ccnc1NCC1CC(Cl)C1. The lowest BCUT2D eigenvalue weighted by atomic mass is 9.85. The molecule has 1 heterocycles. The van der Waals surface area contributed by atoms with Gasteiger partial charge in [0.1, 0.15) is 0 Å². The van der Waals surface area contributed by atoms with Gasteiger partial charge in [-0.25, -0.2) is 4.98 Å². The van der Waals surface area contributed by atoms with Crippen LogP contribution >= 0.6 is 11.6 Å². The van der Waals surface area contributed by atoms with Gasteiger partial charge in [0.05, 0.1) is 0 Å². The molecule has 1 aliphatic rings. The van der Waals surface area contributed by atoms with Crippen LogP contribution in [-0.4, -0.2) is 21.9 Å². The molecule has 1 aliphatic carbocycles. The van der Waals surface area contributed by atoms with Crippen LogP contribution in [0.15, 0.2) is 17.2 Å². The molecule has 0 amide bonds. The summed E-state index contributed by atoms with van der Waals surface area (Å²) in [6, 6.07) is 0. The number of H-pyrrole nitrogens is 1. The highest BCUT2D eigenvalue weighted by molar-refractivity contribution is 6.21. The summed E-state index contributed by atoms with van der Waals surface area (Å²) < 4.78 is 0. The lowest BCUT2D eigenvalue weighted by Crippen LogP contribution is -2.31. The fraction of sp³-hybridized carbons (Fsp3) is 0.556. The Kier molecular flexibility index (Phi) is 2.72. The van der Waals surface area contributed by atoms with Gasteiger partial charge in [-0.05, 0) is 18.8 Å². The van der Waals surface area contributed by atoms with Crippen molar-refractivity contribution in [3.63, 3.8) is 0 Å². The zero-order valence-electron chi connectivity index (χ0n) is 7.66. The van der Waals surface area contributed by atoms with E-state index in [1.54, 1.807) is 6.20 Å². The van der Waals surface area contributed by atoms with E-state index in [9.17, 15) is 4.79 Å². The molecule has 0 aliphatic heterocycles. The smallest absolute Gasteiger partial charge is 0.290 e. The molecule has 1 fully saturated rings. The summed E-state index contributed by atoms with van der Waals surface area (Å²) >= 11 is 5.85. The maximum Gasteiger partial charge on any atom is 0.290 e. The van der Waals surface area contributed by atoms with E-state index in [0.29, 0.717) is 17.1 Å². The quantitative estimate of drug-likeness (QED) is 0.742. The van der Waals surface area contributed by atoms with Gasteiger partial charge in [-0.3, -0.25) is 4.79 Å². The maximum absolute atomic E-state index is 11.2. The second-order valence-electron chi connectivity index (χ2n) is 3.58. The van der Waals surface area contributed by atoms with Crippen molar-refractivity contribution < 1.29 is 0 Å². The summed E-state index contributed by atoms with van der Waals surface area (Å²) in [5.74, 6) is 0.976. The normalized spacial score (nSPS) is 25.5. The van der Waals surface area contributed by atoms with Crippen LogP contribution in [0, 0.1) is 5.92 Å². The Balaban J connectivity index is 1.86. The van der Waals surface area contributed by atoms with Crippen LogP contribution in [0.3, 0.4) is 0 Å². The molecule has 2 N–H and O–H groups in total. The summed E-state index contributed by atoms with van der Waals surface area (Å²) in [5, 5.41) is 3.34. The number of aromatic amines is 1. The van der Waals surface area contributed by atoms with Gasteiger partial charge in [-0.2, -0.15) is 0 Å². The van der Waals surface area contributed by atoms with Gasteiger partial charge < -0.3 is 10.3 Å². The average molecular weight is 214 g/mol. The molecule has 1 aromatic rings. The van der Waals surface area contributed by atoms with Gasteiger partial charge >= 0.3 is 0 Å². The molecule has 4 nitrogen and oxygen atoms in total. The van der Waals surface area contributed by atoms with Crippen LogP contribution in [0.5, 0.6) is 0 Å². The zero-order valence-corrected chi connectivity index (χ0v) is 8.42. The number of hydrogen-bond acceptors (Lipinski definition) is 3. The minimum Gasteiger partial charge on any atom is -0.365 e. The summed E-state index contributed by atoms with van der Waals surface area (Å²) in [6.07, 6.45) is 5.14. The predicted octanol–water partition coefficient (Wildman–Crippen LogP) is 1.20. The Morgan fingerprint density at radius 2 is 2.43 bits per heavy atom. The number of halogens is 1. The van der Waals surface area contributed by atoms with E-state index in [1.807, 2.05) is 0 Å². The number of aromatic nitrogens is 2. The van der Waals surface area contributed by atoms with E-state index in [4.69, 9.17) is 11.6 Å². The molecule has 5 heteroatoms. The van der Waals surface area contributed by atoms with Crippen LogP contribution in [0.2, 0.25) is 0 Å². The van der Waals surface area contributed by atoms with Gasteiger partial charge in [0.15, 0.2) is 5.82 Å². The maximum atomic E-state index is 11.2. The van der Waals surface area contributed by atoms with E-state index in [2.05, 4.69) is 15.3 Å². The van der Waals surface area contributed by atoms with Crippen LogP contribution < -0.4 is 10.9 Å². The highest BCUT2D eigenvalue weighted by Crippen LogP contribution is 2.31. The van der Waals surface area contributed by atoms with Crippen molar-refractivity contribution in [1.29, 1.82) is 0 Å². The minimum absolute atomic E-state index is 0.172. The highest BCUT2D eigenvalue weighted by atomic mass is 35.5. The third-order valence-electron chi connectivity index (χ3n) is 2.44. The monoisotopic (exact) mass is 213 g/mol. The first-order chi connectivity index (χ1) is 6.75. The van der Waals surface area contributed by atoms with Crippen molar-refractivity contribution in [1.82, 2.24) is 9.97 Å². The average Bonchev–Trinajstić information content (AvgIpc) is 2.13. The van der Waals surface area contributed by atoms with Crippen molar-refractivity contribution >= 4 is 17.4 Å². The van der Waals surface area contributed by atoms with Gasteiger partial charge in [0, 0.05) is 24.3 Å². The molecule has 0 aromatic carbocycles. The number of rotatable bonds is 3. The first-order valence-electron chi connectivity index (χ1n) is 4.67. The van der Waals surface area contributed by atoms with E-state index >= 15 is 0 Å². The van der Waals surface area contributed by atoms with Crippen molar-refractivity contribution in [2.24, 2.45) is 5.92 Å². The van der Waals surface area contributed by atoms with E-state index in [1.165, 1.54) is 6.20 Å². The van der Waals surface area contributed by atoms with Crippen molar-refractivity contribution in [2.75, 3.05) is 11.9 Å². The van der Waals surface area contributed by atoms with Gasteiger partial charge in [-0.15, -0.1) is 11.6 Å². The number of anilines is 1. The molecule has 0 saturated heterocycles.